The van der Waals surface area contributed by atoms with Gasteiger partial charge in [0.15, 0.2) is 0 Å². The van der Waals surface area contributed by atoms with Crippen LogP contribution in [0.25, 0.3) is 0 Å². The van der Waals surface area contributed by atoms with Crippen LogP contribution in [0.5, 0.6) is 0 Å². The number of likely N-dealkylation sites (N-methyl/N-ethyl adjacent to an activating group) is 1. The number of nitrogens with zero attached hydrogens (tertiary/aromatic N) is 2. The van der Waals surface area contributed by atoms with Crippen LogP contribution < -0.4 is 5.32 Å². The number of nitrogens with one attached hydrogen (secondary N) is 1. The smallest absolute Gasteiger partial charge is 0.254 e. The Balaban J connectivity index is 2.08. The lowest BCUT2D eigenvalue weighted by molar-refractivity contribution is -0.0196. The molecule has 5 heteroatoms. The molecule has 0 saturated carbocycles. The number of carbonyl (C=O) groups is 1. The first-order chi connectivity index (χ1) is 9.24. The molecule has 1 aliphatic rings. The van der Waals surface area contributed by atoms with Crippen LogP contribution in [-0.2, 0) is 4.74 Å². The Morgan fingerprint density at radius 1 is 1.63 bits per heavy atom. The van der Waals surface area contributed by atoms with Gasteiger partial charge in [0.2, 0.25) is 0 Å². The zero-order valence-corrected chi connectivity index (χ0v) is 10.9. The van der Waals surface area contributed by atoms with E-state index in [0.29, 0.717) is 30.8 Å². The number of amides is 1. The fourth-order valence-corrected chi connectivity index (χ4v) is 2.16. The van der Waals surface area contributed by atoms with Gasteiger partial charge >= 0.3 is 0 Å². The highest BCUT2D eigenvalue weighted by molar-refractivity contribution is 5.94. The molecule has 1 aliphatic heterocycles. The summed E-state index contributed by atoms with van der Waals surface area (Å²) in [6.45, 7) is 2.45. The van der Waals surface area contributed by atoms with Gasteiger partial charge in [-0.05, 0) is 25.2 Å². The van der Waals surface area contributed by atoms with E-state index in [1.54, 1.807) is 29.2 Å². The summed E-state index contributed by atoms with van der Waals surface area (Å²) in [4.78, 5) is 14.1. The van der Waals surface area contributed by atoms with E-state index in [0.717, 1.165) is 6.54 Å². The van der Waals surface area contributed by atoms with E-state index in [4.69, 9.17) is 10.00 Å². The summed E-state index contributed by atoms with van der Waals surface area (Å²) in [5, 5.41) is 11.9. The molecule has 1 fully saturated rings. The summed E-state index contributed by atoms with van der Waals surface area (Å²) in [6, 6.07) is 8.85. The van der Waals surface area contributed by atoms with Crippen LogP contribution >= 0.6 is 0 Å². The molecule has 1 aromatic carbocycles. The van der Waals surface area contributed by atoms with E-state index in [1.165, 1.54) is 0 Å². The average Bonchev–Trinajstić information content (AvgIpc) is 2.47. The lowest BCUT2D eigenvalue weighted by Gasteiger charge is -2.33. The molecule has 0 radical (unpaired) electrons. The maximum absolute atomic E-state index is 12.4. The Morgan fingerprint density at radius 3 is 3.21 bits per heavy atom. The number of carbonyl (C=O) groups excluding carboxylic acids is 1. The average molecular weight is 259 g/mol. The molecule has 1 saturated heterocycles. The SMILES string of the molecule is CNCC1CN(C(=O)c2cccc(C#N)c2)CCO1. The van der Waals surface area contributed by atoms with Gasteiger partial charge in [-0.2, -0.15) is 5.26 Å². The molecule has 0 aromatic heterocycles. The number of morpholine rings is 1. The molecule has 1 N–H and O–H groups in total. The molecule has 1 aromatic rings. The molecule has 0 spiro atoms. The van der Waals surface area contributed by atoms with Crippen LogP contribution in [0.4, 0.5) is 0 Å². The predicted molar refractivity (Wildman–Crippen MR) is 70.7 cm³/mol. The van der Waals surface area contributed by atoms with Crippen molar-refractivity contribution in [3.63, 3.8) is 0 Å². The fourth-order valence-electron chi connectivity index (χ4n) is 2.16. The predicted octanol–water partition coefficient (Wildman–Crippen LogP) is 0.619. The second-order valence-corrected chi connectivity index (χ2v) is 4.49. The normalized spacial score (nSPS) is 18.9. The zero-order chi connectivity index (χ0) is 13.7. The van der Waals surface area contributed by atoms with Gasteiger partial charge in [0.25, 0.3) is 5.91 Å². The van der Waals surface area contributed by atoms with Crippen molar-refractivity contribution in [2.75, 3.05) is 33.3 Å². The lowest BCUT2D eigenvalue weighted by atomic mass is 10.1. The van der Waals surface area contributed by atoms with E-state index >= 15 is 0 Å². The Labute approximate surface area is 112 Å². The molecule has 5 nitrogen and oxygen atoms in total. The van der Waals surface area contributed by atoms with E-state index in [-0.39, 0.29) is 12.0 Å². The highest BCUT2D eigenvalue weighted by atomic mass is 16.5. The molecule has 0 aliphatic carbocycles. The molecular weight excluding hydrogens is 242 g/mol. The zero-order valence-electron chi connectivity index (χ0n) is 10.9. The van der Waals surface area contributed by atoms with Crippen molar-refractivity contribution in [3.05, 3.63) is 35.4 Å². The molecule has 1 unspecified atom stereocenters. The summed E-state index contributed by atoms with van der Waals surface area (Å²) < 4.78 is 5.57. The Kier molecular flexibility index (Phi) is 4.50. The lowest BCUT2D eigenvalue weighted by Crippen LogP contribution is -2.48. The third kappa shape index (κ3) is 3.31. The molecule has 1 heterocycles. The van der Waals surface area contributed by atoms with Crippen molar-refractivity contribution in [1.82, 2.24) is 10.2 Å². The number of nitriles is 1. The van der Waals surface area contributed by atoms with Gasteiger partial charge < -0.3 is 15.0 Å². The van der Waals surface area contributed by atoms with Crippen LogP contribution in [-0.4, -0.2) is 50.2 Å². The van der Waals surface area contributed by atoms with E-state index < -0.39 is 0 Å². The maximum atomic E-state index is 12.4. The topological polar surface area (TPSA) is 65.4 Å². The number of hydrogen-bond acceptors (Lipinski definition) is 4. The summed E-state index contributed by atoms with van der Waals surface area (Å²) in [7, 11) is 1.86. The van der Waals surface area contributed by atoms with Crippen molar-refractivity contribution in [1.29, 1.82) is 5.26 Å². The first-order valence-corrected chi connectivity index (χ1v) is 6.30. The number of rotatable bonds is 3. The summed E-state index contributed by atoms with van der Waals surface area (Å²) >= 11 is 0. The second-order valence-electron chi connectivity index (χ2n) is 4.49. The van der Waals surface area contributed by atoms with Crippen LogP contribution in [0.1, 0.15) is 15.9 Å². The van der Waals surface area contributed by atoms with Gasteiger partial charge in [0.05, 0.1) is 24.3 Å². The quantitative estimate of drug-likeness (QED) is 0.864. The van der Waals surface area contributed by atoms with Gasteiger partial charge in [-0.25, -0.2) is 0 Å². The first-order valence-electron chi connectivity index (χ1n) is 6.30. The molecule has 19 heavy (non-hydrogen) atoms. The summed E-state index contributed by atoms with van der Waals surface area (Å²) in [5.41, 5.74) is 1.06. The first kappa shape index (κ1) is 13.5. The van der Waals surface area contributed by atoms with Gasteiger partial charge in [-0.1, -0.05) is 6.07 Å². The Bertz CT molecular complexity index is 494. The molecule has 0 bridgehead atoms. The standard InChI is InChI=1S/C14H17N3O2/c1-16-9-13-10-17(5-6-19-13)14(18)12-4-2-3-11(7-12)8-15/h2-4,7,13,16H,5-6,9-10H2,1H3. The van der Waals surface area contributed by atoms with Crippen molar-refractivity contribution in [3.8, 4) is 6.07 Å². The number of hydrogen-bond donors (Lipinski definition) is 1. The maximum Gasteiger partial charge on any atom is 0.254 e. The van der Waals surface area contributed by atoms with E-state index in [9.17, 15) is 4.79 Å². The minimum atomic E-state index is -0.0403. The summed E-state index contributed by atoms with van der Waals surface area (Å²) in [6.07, 6.45) is 0.0295. The van der Waals surface area contributed by atoms with Crippen molar-refractivity contribution in [2.45, 2.75) is 6.10 Å². The molecule has 2 rings (SSSR count). The van der Waals surface area contributed by atoms with Crippen LogP contribution in [0.3, 0.4) is 0 Å². The Hall–Kier alpha value is -1.90. The largest absolute Gasteiger partial charge is 0.373 e. The molecule has 100 valence electrons. The van der Waals surface area contributed by atoms with Crippen molar-refractivity contribution < 1.29 is 9.53 Å². The van der Waals surface area contributed by atoms with E-state index in [2.05, 4.69) is 5.32 Å². The number of benzene rings is 1. The minimum Gasteiger partial charge on any atom is -0.373 e. The molecular formula is C14H17N3O2. The van der Waals surface area contributed by atoms with Crippen LogP contribution in [0.15, 0.2) is 24.3 Å². The Morgan fingerprint density at radius 2 is 2.47 bits per heavy atom. The van der Waals surface area contributed by atoms with Crippen LogP contribution in [0, 0.1) is 11.3 Å². The molecule has 1 atom stereocenters. The van der Waals surface area contributed by atoms with Gasteiger partial charge in [0, 0.05) is 25.2 Å². The van der Waals surface area contributed by atoms with Crippen molar-refractivity contribution >= 4 is 5.91 Å². The third-order valence-corrected chi connectivity index (χ3v) is 3.10. The fraction of sp³-hybridized carbons (Fsp3) is 0.429. The minimum absolute atomic E-state index is 0.0295. The van der Waals surface area contributed by atoms with Gasteiger partial charge in [-0.15, -0.1) is 0 Å². The van der Waals surface area contributed by atoms with Gasteiger partial charge in [0.1, 0.15) is 0 Å². The highest BCUT2D eigenvalue weighted by Gasteiger charge is 2.24. The highest BCUT2D eigenvalue weighted by Crippen LogP contribution is 2.12. The monoisotopic (exact) mass is 259 g/mol. The van der Waals surface area contributed by atoms with Crippen LogP contribution in [0.2, 0.25) is 0 Å². The van der Waals surface area contributed by atoms with E-state index in [1.807, 2.05) is 13.1 Å². The van der Waals surface area contributed by atoms with Gasteiger partial charge in [-0.3, -0.25) is 4.79 Å². The second kappa shape index (κ2) is 6.32. The summed E-state index contributed by atoms with van der Waals surface area (Å²) in [5.74, 6) is -0.0403. The number of ether oxygens (including phenoxy) is 1. The van der Waals surface area contributed by atoms with Crippen molar-refractivity contribution in [2.24, 2.45) is 0 Å². The third-order valence-electron chi connectivity index (χ3n) is 3.10. The molecule has 1 amide bonds.